The highest BCUT2D eigenvalue weighted by atomic mass is 16.3. The lowest BCUT2D eigenvalue weighted by Gasteiger charge is -2.31. The van der Waals surface area contributed by atoms with Crippen molar-refractivity contribution < 1.29 is 9.21 Å². The number of carbonyl (C=O) groups is 1. The van der Waals surface area contributed by atoms with Crippen LogP contribution in [-0.2, 0) is 6.42 Å². The fourth-order valence-corrected chi connectivity index (χ4v) is 5.01. The minimum absolute atomic E-state index is 0.0821. The Bertz CT molecular complexity index is 1060. The van der Waals surface area contributed by atoms with Gasteiger partial charge in [-0.25, -0.2) is 0 Å². The van der Waals surface area contributed by atoms with E-state index in [1.807, 2.05) is 36.4 Å². The molecule has 1 aliphatic rings. The summed E-state index contributed by atoms with van der Waals surface area (Å²) < 4.78 is 5.91. The summed E-state index contributed by atoms with van der Waals surface area (Å²) in [4.78, 5) is 16.0. The average molecular weight is 433 g/mol. The number of fused-ring (bicyclic) bond motifs is 1. The summed E-state index contributed by atoms with van der Waals surface area (Å²) in [6, 6.07) is 13.8. The van der Waals surface area contributed by atoms with E-state index in [9.17, 15) is 4.79 Å². The maximum Gasteiger partial charge on any atom is 0.195 e. The van der Waals surface area contributed by atoms with E-state index in [-0.39, 0.29) is 5.78 Å². The Labute approximate surface area is 191 Å². The molecule has 0 amide bonds. The van der Waals surface area contributed by atoms with Gasteiger partial charge in [0.05, 0.1) is 0 Å². The third kappa shape index (κ3) is 4.75. The molecule has 1 fully saturated rings. The van der Waals surface area contributed by atoms with Gasteiger partial charge in [0.2, 0.25) is 0 Å². The van der Waals surface area contributed by atoms with Crippen LogP contribution in [0.3, 0.4) is 0 Å². The Morgan fingerprint density at radius 1 is 1.06 bits per heavy atom. The Balaban J connectivity index is 1.61. The summed E-state index contributed by atoms with van der Waals surface area (Å²) in [5, 5.41) is 1.01. The molecule has 4 rings (SSSR count). The van der Waals surface area contributed by atoms with E-state index >= 15 is 0 Å². The van der Waals surface area contributed by atoms with Crippen LogP contribution in [0.15, 0.2) is 46.9 Å². The van der Waals surface area contributed by atoms with Crippen molar-refractivity contribution in [3.8, 4) is 0 Å². The molecule has 1 saturated heterocycles. The number of nitrogens with two attached hydrogens (primary N) is 1. The van der Waals surface area contributed by atoms with Crippen molar-refractivity contribution >= 4 is 22.6 Å². The van der Waals surface area contributed by atoms with Gasteiger partial charge in [0, 0.05) is 22.1 Å². The minimum atomic E-state index is 0.0821. The molecule has 1 aromatic heterocycles. The first-order chi connectivity index (χ1) is 15.6. The highest BCUT2D eigenvalue weighted by molar-refractivity contribution is 6.11. The summed E-state index contributed by atoms with van der Waals surface area (Å²) >= 11 is 0. The number of carbonyl (C=O) groups excluding carboxylic acids is 1. The number of rotatable bonds is 9. The summed E-state index contributed by atoms with van der Waals surface area (Å²) in [5.74, 6) is 0.981. The molecule has 0 spiro atoms. The van der Waals surface area contributed by atoms with Crippen molar-refractivity contribution in [2.75, 3.05) is 25.4 Å². The van der Waals surface area contributed by atoms with Crippen molar-refractivity contribution in [2.24, 2.45) is 0 Å². The van der Waals surface area contributed by atoms with E-state index in [1.54, 1.807) is 0 Å². The van der Waals surface area contributed by atoms with Crippen molar-refractivity contribution in [1.82, 2.24) is 4.90 Å². The predicted octanol–water partition coefficient (Wildman–Crippen LogP) is 6.57. The molecule has 0 aliphatic carbocycles. The summed E-state index contributed by atoms with van der Waals surface area (Å²) in [7, 11) is 0. The zero-order valence-corrected chi connectivity index (χ0v) is 19.5. The second kappa shape index (κ2) is 10.4. The topological polar surface area (TPSA) is 59.5 Å². The lowest BCUT2D eigenvalue weighted by molar-refractivity contribution is 0.103. The molecule has 2 aromatic carbocycles. The molecule has 2 N–H and O–H groups in total. The van der Waals surface area contributed by atoms with Crippen LogP contribution in [0.25, 0.3) is 11.0 Å². The summed E-state index contributed by atoms with van der Waals surface area (Å²) in [6.45, 7) is 7.80. The van der Waals surface area contributed by atoms with Crippen LogP contribution >= 0.6 is 0 Å². The second-order valence-corrected chi connectivity index (χ2v) is 9.15. The molecular formula is C28H36N2O2. The van der Waals surface area contributed by atoms with Crippen molar-refractivity contribution in [3.63, 3.8) is 0 Å². The van der Waals surface area contributed by atoms with E-state index in [2.05, 4.69) is 24.8 Å². The molecule has 0 unspecified atom stereocenters. The van der Waals surface area contributed by atoms with Crippen LogP contribution in [0.4, 0.5) is 5.88 Å². The molecular weight excluding hydrogens is 396 g/mol. The Kier molecular flexibility index (Phi) is 7.31. The number of likely N-dealkylation sites (tertiary alicyclic amines) is 1. The molecule has 32 heavy (non-hydrogen) atoms. The van der Waals surface area contributed by atoms with Crippen LogP contribution in [0, 0.1) is 0 Å². The van der Waals surface area contributed by atoms with Gasteiger partial charge >= 0.3 is 0 Å². The number of hydrogen-bond acceptors (Lipinski definition) is 4. The molecule has 170 valence electrons. The quantitative estimate of drug-likeness (QED) is 0.389. The molecule has 4 heteroatoms. The van der Waals surface area contributed by atoms with Gasteiger partial charge in [0.15, 0.2) is 11.7 Å². The Hall–Kier alpha value is -2.59. The Morgan fingerprint density at radius 2 is 1.81 bits per heavy atom. The lowest BCUT2D eigenvalue weighted by Crippen LogP contribution is -2.33. The predicted molar refractivity (Wildman–Crippen MR) is 132 cm³/mol. The smallest absolute Gasteiger partial charge is 0.195 e. The van der Waals surface area contributed by atoms with E-state index in [0.29, 0.717) is 17.4 Å². The Morgan fingerprint density at radius 3 is 2.56 bits per heavy atom. The molecule has 0 bridgehead atoms. The summed E-state index contributed by atoms with van der Waals surface area (Å²) in [5.41, 5.74) is 10.9. The standard InChI is InChI=1S/C28H36N2O2/c1-3-5-9-20-10-7-8-11-23(20)27(31)22-12-13-25-24(19-22)26(28(29)32-25)21-14-17-30(18-15-21)16-6-4-2/h7-8,10-13,19,21H,3-6,9,14-18,29H2,1-2H3. The third-order valence-electron chi connectivity index (χ3n) is 6.90. The average Bonchev–Trinajstić information content (AvgIpc) is 3.16. The van der Waals surface area contributed by atoms with Gasteiger partial charge in [0.25, 0.3) is 0 Å². The van der Waals surface area contributed by atoms with Gasteiger partial charge in [-0.05, 0) is 81.4 Å². The second-order valence-electron chi connectivity index (χ2n) is 9.15. The number of hydrogen-bond donors (Lipinski definition) is 1. The van der Waals surface area contributed by atoms with Crippen LogP contribution in [0.5, 0.6) is 0 Å². The zero-order chi connectivity index (χ0) is 22.5. The van der Waals surface area contributed by atoms with E-state index < -0.39 is 0 Å². The van der Waals surface area contributed by atoms with Gasteiger partial charge < -0.3 is 15.1 Å². The zero-order valence-electron chi connectivity index (χ0n) is 19.5. The van der Waals surface area contributed by atoms with Gasteiger partial charge in [0.1, 0.15) is 5.58 Å². The minimum Gasteiger partial charge on any atom is -0.441 e. The number of aryl methyl sites for hydroxylation is 1. The first-order valence-electron chi connectivity index (χ1n) is 12.3. The third-order valence-corrected chi connectivity index (χ3v) is 6.90. The molecule has 0 atom stereocenters. The van der Waals surface area contributed by atoms with Crippen LogP contribution < -0.4 is 5.73 Å². The fourth-order valence-electron chi connectivity index (χ4n) is 5.01. The number of nitrogens with zero attached hydrogens (tertiary/aromatic N) is 1. The van der Waals surface area contributed by atoms with Crippen LogP contribution in [0.2, 0.25) is 0 Å². The maximum atomic E-state index is 13.4. The molecule has 0 radical (unpaired) electrons. The normalized spacial score (nSPS) is 15.4. The SMILES string of the molecule is CCCCc1ccccc1C(=O)c1ccc2oc(N)c(C3CCN(CCCC)CC3)c2c1. The van der Waals surface area contributed by atoms with Gasteiger partial charge in [-0.1, -0.05) is 51.0 Å². The van der Waals surface area contributed by atoms with E-state index in [4.69, 9.17) is 10.2 Å². The molecule has 2 heterocycles. The molecule has 4 nitrogen and oxygen atoms in total. The van der Waals surface area contributed by atoms with Crippen LogP contribution in [0.1, 0.15) is 85.3 Å². The molecule has 0 saturated carbocycles. The number of ketones is 1. The van der Waals surface area contributed by atoms with Crippen molar-refractivity contribution in [2.45, 2.75) is 64.7 Å². The molecule has 3 aromatic rings. The van der Waals surface area contributed by atoms with E-state index in [1.165, 1.54) is 19.4 Å². The number of furan rings is 1. The highest BCUT2D eigenvalue weighted by Gasteiger charge is 2.26. The number of benzene rings is 2. The molecule has 1 aliphatic heterocycles. The van der Waals surface area contributed by atoms with Crippen molar-refractivity contribution in [1.29, 1.82) is 0 Å². The number of nitrogen functional groups attached to an aromatic ring is 1. The van der Waals surface area contributed by atoms with E-state index in [0.717, 1.165) is 72.9 Å². The fraction of sp³-hybridized carbons (Fsp3) is 0.464. The van der Waals surface area contributed by atoms with Crippen LogP contribution in [-0.4, -0.2) is 30.3 Å². The monoisotopic (exact) mass is 432 g/mol. The number of piperidine rings is 1. The highest BCUT2D eigenvalue weighted by Crippen LogP contribution is 2.39. The van der Waals surface area contributed by atoms with Gasteiger partial charge in [-0.3, -0.25) is 4.79 Å². The number of anilines is 1. The maximum absolute atomic E-state index is 13.4. The van der Waals surface area contributed by atoms with Crippen molar-refractivity contribution in [3.05, 3.63) is 64.7 Å². The van der Waals surface area contributed by atoms with Gasteiger partial charge in [-0.2, -0.15) is 0 Å². The number of unbranched alkanes of at least 4 members (excludes halogenated alkanes) is 2. The lowest BCUT2D eigenvalue weighted by atomic mass is 9.87. The largest absolute Gasteiger partial charge is 0.441 e. The van der Waals surface area contributed by atoms with Gasteiger partial charge in [-0.15, -0.1) is 0 Å². The first-order valence-corrected chi connectivity index (χ1v) is 12.3. The summed E-state index contributed by atoms with van der Waals surface area (Å²) in [6.07, 6.45) is 7.79. The first kappa shape index (κ1) is 22.6.